The van der Waals surface area contributed by atoms with Gasteiger partial charge < -0.3 is 14.9 Å². The lowest BCUT2D eigenvalue weighted by molar-refractivity contribution is 0.0917. The van der Waals surface area contributed by atoms with E-state index in [0.717, 1.165) is 26.1 Å². The van der Waals surface area contributed by atoms with Crippen molar-refractivity contribution >= 4 is 0 Å². The highest BCUT2D eigenvalue weighted by Crippen LogP contribution is 2.13. The van der Waals surface area contributed by atoms with Crippen LogP contribution in [0.2, 0.25) is 0 Å². The van der Waals surface area contributed by atoms with Crippen molar-refractivity contribution in [2.75, 3.05) is 79.5 Å². The van der Waals surface area contributed by atoms with Crippen molar-refractivity contribution < 1.29 is 5.11 Å². The molecule has 0 aromatic heterocycles. The highest BCUT2D eigenvalue weighted by Gasteiger charge is 2.17. The molecule has 240 valence electrons. The number of likely N-dealkylation sites (N-methyl/N-ethyl adjacent to an activating group) is 2. The first-order chi connectivity index (χ1) is 19.5. The van der Waals surface area contributed by atoms with E-state index >= 15 is 0 Å². The van der Waals surface area contributed by atoms with Crippen LogP contribution in [0.5, 0.6) is 0 Å². The van der Waals surface area contributed by atoms with E-state index in [2.05, 4.69) is 47.5 Å². The van der Waals surface area contributed by atoms with Crippen LogP contribution in [0.25, 0.3) is 0 Å². The van der Waals surface area contributed by atoms with E-state index in [9.17, 15) is 5.11 Å². The van der Waals surface area contributed by atoms with E-state index in [0.29, 0.717) is 0 Å². The smallest absolute Gasteiger partial charge is 0.0667 e. The molecule has 0 aromatic carbocycles. The molecule has 0 aliphatic carbocycles. The van der Waals surface area contributed by atoms with Crippen LogP contribution in [0.15, 0.2) is 0 Å². The Morgan fingerprint density at radius 3 is 1.32 bits per heavy atom. The van der Waals surface area contributed by atoms with Gasteiger partial charge in [0.05, 0.1) is 6.10 Å². The molecule has 1 fully saturated rings. The Morgan fingerprint density at radius 1 is 0.500 bits per heavy atom. The molecule has 1 atom stereocenters. The Labute approximate surface area is 252 Å². The number of nitrogens with zero attached hydrogens (tertiary/aromatic N) is 4. The van der Waals surface area contributed by atoms with E-state index in [1.54, 1.807) is 0 Å². The van der Waals surface area contributed by atoms with Gasteiger partial charge in [-0.05, 0) is 33.5 Å². The fourth-order valence-corrected chi connectivity index (χ4v) is 6.07. The second kappa shape index (κ2) is 27.6. The van der Waals surface area contributed by atoms with E-state index < -0.39 is 0 Å². The van der Waals surface area contributed by atoms with Crippen molar-refractivity contribution in [3.63, 3.8) is 0 Å². The van der Waals surface area contributed by atoms with Gasteiger partial charge in [-0.3, -0.25) is 9.80 Å². The summed E-state index contributed by atoms with van der Waals surface area (Å²) in [6.07, 6.45) is 27.2. The Morgan fingerprint density at radius 2 is 0.875 bits per heavy atom. The molecule has 1 rings (SSSR count). The van der Waals surface area contributed by atoms with Crippen LogP contribution in [-0.2, 0) is 0 Å². The van der Waals surface area contributed by atoms with Crippen LogP contribution in [0.4, 0.5) is 0 Å². The molecule has 1 unspecified atom stereocenters. The van der Waals surface area contributed by atoms with Crippen molar-refractivity contribution in [3.05, 3.63) is 0 Å². The molecule has 1 N–H and O–H groups in total. The lowest BCUT2D eigenvalue weighted by atomic mass is 10.1. The molecule has 0 aromatic rings. The van der Waals surface area contributed by atoms with Gasteiger partial charge in [-0.15, -0.1) is 0 Å². The number of piperazine rings is 1. The molecule has 0 spiro atoms. The van der Waals surface area contributed by atoms with E-state index in [1.165, 1.54) is 168 Å². The molecule has 5 heteroatoms. The predicted octanol–water partition coefficient (Wildman–Crippen LogP) is 7.67. The van der Waals surface area contributed by atoms with Crippen LogP contribution in [0, 0.1) is 0 Å². The maximum absolute atomic E-state index is 10.4. The fourth-order valence-electron chi connectivity index (χ4n) is 6.07. The quantitative estimate of drug-likeness (QED) is 0.0940. The van der Waals surface area contributed by atoms with Crippen LogP contribution in [0.3, 0.4) is 0 Å². The van der Waals surface area contributed by atoms with Crippen molar-refractivity contribution in [1.29, 1.82) is 0 Å². The highest BCUT2D eigenvalue weighted by atomic mass is 16.3. The zero-order valence-electron chi connectivity index (χ0n) is 28.0. The number of aliphatic hydroxyl groups excluding tert-OH is 1. The minimum atomic E-state index is -0.163. The van der Waals surface area contributed by atoms with E-state index in [1.807, 2.05) is 0 Å². The molecular formula is C35H74N4O. The summed E-state index contributed by atoms with van der Waals surface area (Å²) in [6.45, 7) is 16.1. The van der Waals surface area contributed by atoms with Gasteiger partial charge in [0, 0.05) is 58.9 Å². The molecule has 1 aliphatic rings. The zero-order chi connectivity index (χ0) is 29.1. The normalized spacial score (nSPS) is 16.0. The van der Waals surface area contributed by atoms with Gasteiger partial charge in [0.25, 0.3) is 0 Å². The molecule has 0 saturated carbocycles. The Hall–Kier alpha value is -0.200. The van der Waals surface area contributed by atoms with E-state index in [4.69, 9.17) is 0 Å². The Bertz CT molecular complexity index is 512. The SMILES string of the molecule is CCCCCCCCCCCCCN(C)CCN1CCN(CCN(C)CC(O)CCCCCCCCCC)CC1. The summed E-state index contributed by atoms with van der Waals surface area (Å²) in [5.41, 5.74) is 0. The van der Waals surface area contributed by atoms with Gasteiger partial charge in [-0.2, -0.15) is 0 Å². The summed E-state index contributed by atoms with van der Waals surface area (Å²) < 4.78 is 0. The minimum Gasteiger partial charge on any atom is -0.392 e. The molecule has 1 heterocycles. The third-order valence-electron chi connectivity index (χ3n) is 9.12. The molecule has 0 radical (unpaired) electrons. The Balaban J connectivity index is 1.93. The summed E-state index contributed by atoms with van der Waals surface area (Å²) in [4.78, 5) is 10.2. The zero-order valence-corrected chi connectivity index (χ0v) is 28.0. The van der Waals surface area contributed by atoms with Gasteiger partial charge in [-0.25, -0.2) is 0 Å². The summed E-state index contributed by atoms with van der Waals surface area (Å²) in [6, 6.07) is 0. The third kappa shape index (κ3) is 23.4. The van der Waals surface area contributed by atoms with Crippen LogP contribution in [-0.4, -0.2) is 110 Å². The lowest BCUT2D eigenvalue weighted by Gasteiger charge is -2.36. The third-order valence-corrected chi connectivity index (χ3v) is 9.12. The molecule has 0 bridgehead atoms. The number of rotatable bonds is 29. The van der Waals surface area contributed by atoms with Gasteiger partial charge in [0.1, 0.15) is 0 Å². The van der Waals surface area contributed by atoms with Crippen molar-refractivity contribution in [1.82, 2.24) is 19.6 Å². The highest BCUT2D eigenvalue weighted by molar-refractivity contribution is 4.74. The topological polar surface area (TPSA) is 33.2 Å². The monoisotopic (exact) mass is 567 g/mol. The van der Waals surface area contributed by atoms with Gasteiger partial charge in [0.2, 0.25) is 0 Å². The van der Waals surface area contributed by atoms with Crippen molar-refractivity contribution in [2.45, 2.75) is 148 Å². The average molecular weight is 567 g/mol. The number of aliphatic hydroxyl groups is 1. The maximum Gasteiger partial charge on any atom is 0.0667 e. The molecular weight excluding hydrogens is 492 g/mol. The number of unbranched alkanes of at least 4 members (excludes halogenated alkanes) is 17. The standard InChI is InChI=1S/C35H74N4O/c1-5-7-9-11-13-15-16-17-19-21-23-25-36(3)26-28-38-30-32-39(33-31-38)29-27-37(4)34-35(40)24-22-20-18-14-12-10-8-6-2/h35,40H,5-34H2,1-4H3. The first-order valence-electron chi connectivity index (χ1n) is 18.0. The van der Waals surface area contributed by atoms with Gasteiger partial charge >= 0.3 is 0 Å². The molecule has 0 amide bonds. The number of hydrogen-bond acceptors (Lipinski definition) is 5. The first kappa shape index (κ1) is 37.8. The van der Waals surface area contributed by atoms with Gasteiger partial charge in [0.15, 0.2) is 0 Å². The second-order valence-electron chi connectivity index (χ2n) is 13.2. The summed E-state index contributed by atoms with van der Waals surface area (Å²) in [5, 5.41) is 10.4. The average Bonchev–Trinajstić information content (AvgIpc) is 2.95. The lowest BCUT2D eigenvalue weighted by Crippen LogP contribution is -2.49. The van der Waals surface area contributed by atoms with Crippen LogP contribution >= 0.6 is 0 Å². The summed E-state index contributed by atoms with van der Waals surface area (Å²) in [5.74, 6) is 0. The maximum atomic E-state index is 10.4. The molecule has 5 nitrogen and oxygen atoms in total. The fraction of sp³-hybridized carbons (Fsp3) is 1.00. The number of hydrogen-bond donors (Lipinski definition) is 1. The molecule has 1 aliphatic heterocycles. The molecule has 1 saturated heterocycles. The minimum absolute atomic E-state index is 0.163. The second-order valence-corrected chi connectivity index (χ2v) is 13.2. The Kier molecular flexibility index (Phi) is 26.1. The summed E-state index contributed by atoms with van der Waals surface area (Å²) in [7, 11) is 4.49. The van der Waals surface area contributed by atoms with Crippen LogP contribution in [0.1, 0.15) is 142 Å². The van der Waals surface area contributed by atoms with Crippen molar-refractivity contribution in [2.24, 2.45) is 0 Å². The first-order valence-corrected chi connectivity index (χ1v) is 18.0. The summed E-state index contributed by atoms with van der Waals surface area (Å²) >= 11 is 0. The van der Waals surface area contributed by atoms with E-state index in [-0.39, 0.29) is 6.10 Å². The van der Waals surface area contributed by atoms with Crippen LogP contribution < -0.4 is 0 Å². The largest absolute Gasteiger partial charge is 0.392 e. The molecule has 40 heavy (non-hydrogen) atoms. The van der Waals surface area contributed by atoms with Gasteiger partial charge in [-0.1, -0.05) is 129 Å². The predicted molar refractivity (Wildman–Crippen MR) is 178 cm³/mol. The van der Waals surface area contributed by atoms with Crippen molar-refractivity contribution in [3.8, 4) is 0 Å².